The molecule has 0 heterocycles. The Morgan fingerprint density at radius 3 is 2.57 bits per heavy atom. The van der Waals surface area contributed by atoms with E-state index in [2.05, 4.69) is 19.9 Å². The van der Waals surface area contributed by atoms with Gasteiger partial charge in [0.1, 0.15) is 5.67 Å². The van der Waals surface area contributed by atoms with Crippen molar-refractivity contribution in [2.45, 2.75) is 83.6 Å². The molecule has 3 heteroatoms. The van der Waals surface area contributed by atoms with E-state index in [1.54, 1.807) is 6.92 Å². The summed E-state index contributed by atoms with van der Waals surface area (Å²) in [6.07, 6.45) is 7.66. The van der Waals surface area contributed by atoms with E-state index < -0.39 is 11.8 Å². The molecule has 4 rings (SSSR count). The van der Waals surface area contributed by atoms with Crippen LogP contribution in [-0.4, -0.2) is 28.1 Å². The van der Waals surface area contributed by atoms with E-state index in [1.165, 1.54) is 5.57 Å². The van der Waals surface area contributed by atoms with Gasteiger partial charge in [-0.3, -0.25) is 0 Å². The molecule has 8 atom stereocenters. The lowest BCUT2D eigenvalue weighted by molar-refractivity contribution is -0.0859. The standard InChI is InChI=1S/C20H31FO2/c1-18-8-6-13(22)10-12(18)4-5-14-15(18)7-9-19(2)16(14)11-20(3,21)17(19)23/h4,13-17,22-23H,5-11H2,1-3H3/t13?,14-,15+,16+,17+,18+,19+,20+/m1/s1. The summed E-state index contributed by atoms with van der Waals surface area (Å²) in [5.41, 5.74) is -0.0747. The number of alkyl halides is 1. The molecule has 4 aliphatic carbocycles. The van der Waals surface area contributed by atoms with Gasteiger partial charge in [-0.05, 0) is 80.5 Å². The number of fused-ring (bicyclic) bond motifs is 5. The minimum atomic E-state index is -1.44. The predicted octanol–water partition coefficient (Wildman–Crippen LogP) is 4.01. The van der Waals surface area contributed by atoms with E-state index in [0.29, 0.717) is 18.3 Å². The molecule has 2 N–H and O–H groups in total. The molecule has 0 aromatic heterocycles. The molecule has 0 amide bonds. The van der Waals surface area contributed by atoms with Gasteiger partial charge in [0.05, 0.1) is 12.2 Å². The molecule has 3 fully saturated rings. The Morgan fingerprint density at radius 2 is 1.83 bits per heavy atom. The van der Waals surface area contributed by atoms with Gasteiger partial charge in [-0.15, -0.1) is 0 Å². The van der Waals surface area contributed by atoms with Crippen molar-refractivity contribution in [1.82, 2.24) is 0 Å². The van der Waals surface area contributed by atoms with Crippen LogP contribution in [0, 0.1) is 28.6 Å². The highest BCUT2D eigenvalue weighted by Gasteiger charge is 2.64. The minimum absolute atomic E-state index is 0.179. The second-order valence-electron chi connectivity index (χ2n) is 9.59. The number of hydrogen-bond donors (Lipinski definition) is 2. The van der Waals surface area contributed by atoms with Gasteiger partial charge in [-0.25, -0.2) is 4.39 Å². The molecule has 130 valence electrons. The molecule has 0 aliphatic heterocycles. The molecule has 0 aromatic rings. The van der Waals surface area contributed by atoms with Crippen LogP contribution in [0.1, 0.15) is 65.7 Å². The van der Waals surface area contributed by atoms with Gasteiger partial charge in [-0.1, -0.05) is 25.5 Å². The van der Waals surface area contributed by atoms with Crippen LogP contribution < -0.4 is 0 Å². The molecular formula is C20H31FO2. The Bertz CT molecular complexity index is 542. The van der Waals surface area contributed by atoms with Gasteiger partial charge in [0.25, 0.3) is 0 Å². The number of allylic oxidation sites excluding steroid dienone is 1. The van der Waals surface area contributed by atoms with Crippen molar-refractivity contribution in [2.75, 3.05) is 0 Å². The maximum atomic E-state index is 14.9. The number of aliphatic hydroxyl groups is 2. The fourth-order valence-corrected chi connectivity index (χ4v) is 6.94. The van der Waals surface area contributed by atoms with E-state index in [9.17, 15) is 14.6 Å². The van der Waals surface area contributed by atoms with E-state index >= 15 is 0 Å². The second-order valence-corrected chi connectivity index (χ2v) is 9.59. The molecule has 1 unspecified atom stereocenters. The van der Waals surface area contributed by atoms with Crippen LogP contribution >= 0.6 is 0 Å². The number of aliphatic hydroxyl groups excluding tert-OH is 2. The molecular weight excluding hydrogens is 291 g/mol. The van der Waals surface area contributed by atoms with Crippen molar-refractivity contribution in [1.29, 1.82) is 0 Å². The van der Waals surface area contributed by atoms with E-state index in [0.717, 1.165) is 38.5 Å². The Balaban J connectivity index is 1.70. The molecule has 23 heavy (non-hydrogen) atoms. The molecule has 0 radical (unpaired) electrons. The zero-order valence-electron chi connectivity index (χ0n) is 14.7. The van der Waals surface area contributed by atoms with Crippen molar-refractivity contribution in [2.24, 2.45) is 28.6 Å². The maximum Gasteiger partial charge on any atom is 0.134 e. The van der Waals surface area contributed by atoms with Gasteiger partial charge in [0, 0.05) is 0 Å². The van der Waals surface area contributed by atoms with Crippen molar-refractivity contribution in [3.63, 3.8) is 0 Å². The van der Waals surface area contributed by atoms with Gasteiger partial charge >= 0.3 is 0 Å². The average Bonchev–Trinajstić information content (AvgIpc) is 2.68. The Labute approximate surface area is 139 Å². The smallest absolute Gasteiger partial charge is 0.134 e. The highest BCUT2D eigenvalue weighted by molar-refractivity contribution is 5.26. The van der Waals surface area contributed by atoms with Crippen LogP contribution in [0.5, 0.6) is 0 Å². The summed E-state index contributed by atoms with van der Waals surface area (Å²) < 4.78 is 14.9. The first-order chi connectivity index (χ1) is 10.7. The molecule has 4 aliphatic rings. The van der Waals surface area contributed by atoms with Gasteiger partial charge in [0.2, 0.25) is 0 Å². The molecule has 2 nitrogen and oxygen atoms in total. The third-order valence-electron chi connectivity index (χ3n) is 8.33. The number of hydrogen-bond acceptors (Lipinski definition) is 2. The largest absolute Gasteiger partial charge is 0.393 e. The Morgan fingerprint density at radius 1 is 1.09 bits per heavy atom. The highest BCUT2D eigenvalue weighted by atomic mass is 19.1. The molecule has 3 saturated carbocycles. The zero-order valence-corrected chi connectivity index (χ0v) is 14.7. The summed E-state index contributed by atoms with van der Waals surface area (Å²) in [5.74, 6) is 1.37. The van der Waals surface area contributed by atoms with E-state index in [1.807, 2.05) is 0 Å². The lowest BCUT2D eigenvalue weighted by Crippen LogP contribution is -2.51. The summed E-state index contributed by atoms with van der Waals surface area (Å²) in [6, 6.07) is 0. The van der Waals surface area contributed by atoms with Crippen LogP contribution in [0.4, 0.5) is 4.39 Å². The first kappa shape index (κ1) is 16.1. The van der Waals surface area contributed by atoms with E-state index in [-0.39, 0.29) is 22.9 Å². The zero-order chi connectivity index (χ0) is 16.6. The monoisotopic (exact) mass is 322 g/mol. The van der Waals surface area contributed by atoms with Gasteiger partial charge in [0.15, 0.2) is 0 Å². The first-order valence-electron chi connectivity index (χ1n) is 9.43. The summed E-state index contributed by atoms with van der Waals surface area (Å²) in [7, 11) is 0. The quantitative estimate of drug-likeness (QED) is 0.662. The molecule has 0 aromatic carbocycles. The topological polar surface area (TPSA) is 40.5 Å². The normalized spacial score (nSPS) is 58.9. The molecule has 0 saturated heterocycles. The molecule has 0 spiro atoms. The Kier molecular flexibility index (Phi) is 3.37. The highest BCUT2D eigenvalue weighted by Crippen LogP contribution is 2.66. The molecule has 0 bridgehead atoms. The van der Waals surface area contributed by atoms with Crippen LogP contribution in [0.15, 0.2) is 11.6 Å². The summed E-state index contributed by atoms with van der Waals surface area (Å²) in [5, 5.41) is 20.6. The van der Waals surface area contributed by atoms with E-state index in [4.69, 9.17) is 0 Å². The summed E-state index contributed by atoms with van der Waals surface area (Å²) in [4.78, 5) is 0. The number of halogens is 1. The minimum Gasteiger partial charge on any atom is -0.393 e. The Hall–Kier alpha value is -0.410. The van der Waals surface area contributed by atoms with Crippen LogP contribution in [0.3, 0.4) is 0 Å². The maximum absolute atomic E-state index is 14.9. The van der Waals surface area contributed by atoms with Crippen molar-refractivity contribution < 1.29 is 14.6 Å². The predicted molar refractivity (Wildman–Crippen MR) is 88.6 cm³/mol. The lowest BCUT2D eigenvalue weighted by atomic mass is 9.48. The second kappa shape index (κ2) is 4.82. The lowest BCUT2D eigenvalue weighted by Gasteiger charge is -2.57. The van der Waals surface area contributed by atoms with Crippen LogP contribution in [-0.2, 0) is 0 Å². The third-order valence-corrected chi connectivity index (χ3v) is 8.33. The third kappa shape index (κ3) is 2.05. The summed E-state index contributed by atoms with van der Waals surface area (Å²) in [6.45, 7) is 6.10. The first-order valence-corrected chi connectivity index (χ1v) is 9.43. The average molecular weight is 322 g/mol. The number of rotatable bonds is 0. The fraction of sp³-hybridized carbons (Fsp3) is 0.900. The SMILES string of the molecule is C[C@]12CC[C@H]3[C@@H](CC=C4CC(O)CC[C@@]43C)[C@@H]1C[C@](C)(F)[C@H]2O. The van der Waals surface area contributed by atoms with Gasteiger partial charge in [-0.2, -0.15) is 0 Å². The van der Waals surface area contributed by atoms with Crippen LogP contribution in [0.2, 0.25) is 0 Å². The van der Waals surface area contributed by atoms with Crippen LogP contribution in [0.25, 0.3) is 0 Å². The summed E-state index contributed by atoms with van der Waals surface area (Å²) >= 11 is 0. The van der Waals surface area contributed by atoms with Crippen molar-refractivity contribution >= 4 is 0 Å². The fourth-order valence-electron chi connectivity index (χ4n) is 6.94. The van der Waals surface area contributed by atoms with Crippen molar-refractivity contribution in [3.8, 4) is 0 Å². The van der Waals surface area contributed by atoms with Gasteiger partial charge < -0.3 is 10.2 Å². The van der Waals surface area contributed by atoms with Crippen molar-refractivity contribution in [3.05, 3.63) is 11.6 Å².